The van der Waals surface area contributed by atoms with E-state index in [1.165, 1.54) is 31.2 Å². The number of fused-ring (bicyclic) bond motifs is 1. The van der Waals surface area contributed by atoms with Crippen molar-refractivity contribution in [2.75, 3.05) is 11.9 Å². The zero-order valence-electron chi connectivity index (χ0n) is 11.3. The molecule has 0 aromatic heterocycles. The Labute approximate surface area is 109 Å². The first-order chi connectivity index (χ1) is 8.58. The Balaban J connectivity index is 1.93. The van der Waals surface area contributed by atoms with Gasteiger partial charge in [0.05, 0.1) is 0 Å². The number of benzene rings is 1. The van der Waals surface area contributed by atoms with E-state index in [4.69, 9.17) is 0 Å². The van der Waals surface area contributed by atoms with Gasteiger partial charge in [0.25, 0.3) is 0 Å². The van der Waals surface area contributed by atoms with Crippen molar-refractivity contribution in [3.05, 3.63) is 29.6 Å². The lowest BCUT2D eigenvalue weighted by atomic mass is 9.63. The molecule has 1 aliphatic heterocycles. The van der Waals surface area contributed by atoms with Crippen LogP contribution in [0.15, 0.2) is 18.2 Å². The van der Waals surface area contributed by atoms with Gasteiger partial charge in [-0.2, -0.15) is 0 Å². The second-order valence-corrected chi connectivity index (χ2v) is 6.56. The second-order valence-electron chi connectivity index (χ2n) is 6.56. The monoisotopic (exact) mass is 247 g/mol. The van der Waals surface area contributed by atoms with E-state index in [0.29, 0.717) is 17.3 Å². The lowest BCUT2D eigenvalue weighted by Gasteiger charge is -2.42. The van der Waals surface area contributed by atoms with Crippen molar-refractivity contribution >= 4 is 5.69 Å². The number of hydrogen-bond donors (Lipinski definition) is 1. The van der Waals surface area contributed by atoms with Crippen LogP contribution in [0.5, 0.6) is 0 Å². The van der Waals surface area contributed by atoms with Crippen molar-refractivity contribution in [3.8, 4) is 0 Å². The number of nitrogens with one attached hydrogen (secondary N) is 1. The molecule has 3 rings (SSSR count). The predicted molar refractivity (Wildman–Crippen MR) is 73.4 cm³/mol. The molecular formula is C16H22FN. The van der Waals surface area contributed by atoms with E-state index < -0.39 is 0 Å². The fourth-order valence-electron chi connectivity index (χ4n) is 3.96. The van der Waals surface area contributed by atoms with E-state index in [0.717, 1.165) is 12.2 Å². The fraction of sp³-hybridized carbons (Fsp3) is 0.625. The van der Waals surface area contributed by atoms with Gasteiger partial charge in [0.1, 0.15) is 5.82 Å². The third-order valence-corrected chi connectivity index (χ3v) is 5.00. The summed E-state index contributed by atoms with van der Waals surface area (Å²) in [4.78, 5) is 0. The number of anilines is 1. The maximum absolute atomic E-state index is 13.5. The minimum absolute atomic E-state index is 0.101. The van der Waals surface area contributed by atoms with Crippen LogP contribution in [0.3, 0.4) is 0 Å². The van der Waals surface area contributed by atoms with Crippen molar-refractivity contribution < 1.29 is 4.39 Å². The van der Waals surface area contributed by atoms with Crippen LogP contribution in [-0.2, 0) is 0 Å². The van der Waals surface area contributed by atoms with Crippen molar-refractivity contribution in [3.63, 3.8) is 0 Å². The van der Waals surface area contributed by atoms with E-state index in [9.17, 15) is 4.39 Å². The molecule has 2 aliphatic rings. The van der Waals surface area contributed by atoms with E-state index in [2.05, 4.69) is 19.2 Å². The van der Waals surface area contributed by atoms with Crippen molar-refractivity contribution in [1.82, 2.24) is 0 Å². The largest absolute Gasteiger partial charge is 0.384 e. The summed E-state index contributed by atoms with van der Waals surface area (Å²) in [5.41, 5.74) is 2.73. The molecule has 1 fully saturated rings. The summed E-state index contributed by atoms with van der Waals surface area (Å²) in [5.74, 6) is 1.07. The van der Waals surface area contributed by atoms with Crippen LogP contribution < -0.4 is 5.32 Å². The standard InChI is InChI=1S/C16H22FN/c1-16(2)8-4-3-5-14(16)13-10-18-15-7-6-11(17)9-12(13)15/h6-7,9,13-14,18H,3-5,8,10H2,1-2H3. The molecule has 1 heterocycles. The summed E-state index contributed by atoms with van der Waals surface area (Å²) in [6.45, 7) is 5.75. The molecule has 1 aromatic rings. The normalized spacial score (nSPS) is 29.7. The Kier molecular flexibility index (Phi) is 2.84. The third-order valence-electron chi connectivity index (χ3n) is 5.00. The lowest BCUT2D eigenvalue weighted by Crippen LogP contribution is -2.33. The highest BCUT2D eigenvalue weighted by Gasteiger charge is 2.40. The number of hydrogen-bond acceptors (Lipinski definition) is 1. The van der Waals surface area contributed by atoms with Gasteiger partial charge in [-0.15, -0.1) is 0 Å². The van der Waals surface area contributed by atoms with Gasteiger partial charge >= 0.3 is 0 Å². The van der Waals surface area contributed by atoms with Crippen LogP contribution in [0.4, 0.5) is 10.1 Å². The van der Waals surface area contributed by atoms with Gasteiger partial charge in [-0.1, -0.05) is 26.7 Å². The summed E-state index contributed by atoms with van der Waals surface area (Å²) in [6.07, 6.45) is 5.27. The Bertz CT molecular complexity index is 452. The van der Waals surface area contributed by atoms with Gasteiger partial charge in [0.15, 0.2) is 0 Å². The molecule has 2 heteroatoms. The van der Waals surface area contributed by atoms with Gasteiger partial charge in [-0.25, -0.2) is 4.39 Å². The molecule has 0 amide bonds. The van der Waals surface area contributed by atoms with Gasteiger partial charge in [0.2, 0.25) is 0 Å². The lowest BCUT2D eigenvalue weighted by molar-refractivity contribution is 0.116. The highest BCUT2D eigenvalue weighted by molar-refractivity contribution is 5.58. The van der Waals surface area contributed by atoms with E-state index in [1.54, 1.807) is 12.1 Å². The summed E-state index contributed by atoms with van der Waals surface area (Å²) >= 11 is 0. The maximum Gasteiger partial charge on any atom is 0.123 e. The van der Waals surface area contributed by atoms with Crippen molar-refractivity contribution in [2.24, 2.45) is 11.3 Å². The summed E-state index contributed by atoms with van der Waals surface area (Å²) in [7, 11) is 0. The Morgan fingerprint density at radius 2 is 2.11 bits per heavy atom. The molecule has 1 aliphatic carbocycles. The molecule has 2 unspecified atom stereocenters. The minimum Gasteiger partial charge on any atom is -0.384 e. The van der Waals surface area contributed by atoms with E-state index in [1.807, 2.05) is 6.07 Å². The predicted octanol–water partition coefficient (Wildman–Crippen LogP) is 4.55. The van der Waals surface area contributed by atoms with Gasteiger partial charge in [-0.3, -0.25) is 0 Å². The molecule has 1 nitrogen and oxygen atoms in total. The molecule has 0 saturated heterocycles. The zero-order chi connectivity index (χ0) is 12.8. The van der Waals surface area contributed by atoms with Crippen LogP contribution in [0.1, 0.15) is 51.0 Å². The average molecular weight is 247 g/mol. The van der Waals surface area contributed by atoms with Gasteiger partial charge in [0, 0.05) is 18.2 Å². The van der Waals surface area contributed by atoms with Crippen LogP contribution in [0.2, 0.25) is 0 Å². The summed E-state index contributed by atoms with van der Waals surface area (Å²) in [6, 6.07) is 5.19. The van der Waals surface area contributed by atoms with Crippen molar-refractivity contribution in [1.29, 1.82) is 0 Å². The minimum atomic E-state index is -0.101. The van der Waals surface area contributed by atoms with Crippen LogP contribution >= 0.6 is 0 Å². The maximum atomic E-state index is 13.5. The molecule has 1 aromatic carbocycles. The number of rotatable bonds is 1. The van der Waals surface area contributed by atoms with E-state index in [-0.39, 0.29) is 5.82 Å². The Morgan fingerprint density at radius 3 is 2.89 bits per heavy atom. The molecule has 0 bridgehead atoms. The second kappa shape index (κ2) is 4.25. The Morgan fingerprint density at radius 1 is 1.28 bits per heavy atom. The summed E-state index contributed by atoms with van der Waals surface area (Å²) < 4.78 is 13.5. The van der Waals surface area contributed by atoms with E-state index >= 15 is 0 Å². The molecule has 2 atom stereocenters. The first-order valence-electron chi connectivity index (χ1n) is 7.11. The Hall–Kier alpha value is -1.05. The first-order valence-corrected chi connectivity index (χ1v) is 7.11. The third kappa shape index (κ3) is 1.92. The SMILES string of the molecule is CC1(C)CCCCC1C1CNc2ccc(F)cc21. The van der Waals surface area contributed by atoms with Crippen molar-refractivity contribution in [2.45, 2.75) is 45.4 Å². The molecule has 0 radical (unpaired) electrons. The fourth-order valence-corrected chi connectivity index (χ4v) is 3.96. The van der Waals surface area contributed by atoms with Gasteiger partial charge in [-0.05, 0) is 47.9 Å². The van der Waals surface area contributed by atoms with Crippen LogP contribution in [0.25, 0.3) is 0 Å². The molecule has 0 spiro atoms. The molecular weight excluding hydrogens is 225 g/mol. The highest BCUT2D eigenvalue weighted by Crippen LogP contribution is 2.50. The summed E-state index contributed by atoms with van der Waals surface area (Å²) in [5, 5.41) is 3.45. The van der Waals surface area contributed by atoms with Gasteiger partial charge < -0.3 is 5.32 Å². The van der Waals surface area contributed by atoms with Crippen LogP contribution in [-0.4, -0.2) is 6.54 Å². The molecule has 98 valence electrons. The average Bonchev–Trinajstić information content (AvgIpc) is 2.71. The quantitative estimate of drug-likeness (QED) is 0.767. The molecule has 1 N–H and O–H groups in total. The zero-order valence-corrected chi connectivity index (χ0v) is 11.3. The molecule has 1 saturated carbocycles. The topological polar surface area (TPSA) is 12.0 Å². The number of halogens is 1. The highest BCUT2D eigenvalue weighted by atomic mass is 19.1. The van der Waals surface area contributed by atoms with Crippen LogP contribution in [0, 0.1) is 17.2 Å². The smallest absolute Gasteiger partial charge is 0.123 e. The molecule has 18 heavy (non-hydrogen) atoms. The first kappa shape index (κ1) is 12.0.